The minimum Gasteiger partial charge on any atom is -0.374 e. The van der Waals surface area contributed by atoms with Gasteiger partial charge < -0.3 is 63.2 Å². The molecule has 0 atom stereocenters. The Labute approximate surface area is 440 Å². The Kier molecular flexibility index (Phi) is 49.4. The maximum atomic E-state index is 7.07. The van der Waals surface area contributed by atoms with Crippen molar-refractivity contribution >= 4 is 35.2 Å². The average molecular weight is 1070 g/mol. The standard InChI is InChI=1S/2C26H60N2O5Si2/c2*1-9-17-27(7)19-15-25-34(29-21-11-3,30-22-12-4)33-35(31-23-13-5,32-24-14-6)26-16-20-28(8)18-10-2/h2*9-26H2,1-8H3. The van der Waals surface area contributed by atoms with Crippen LogP contribution in [0.5, 0.6) is 0 Å². The lowest BCUT2D eigenvalue weighted by molar-refractivity contribution is 0.0381. The smallest absolute Gasteiger partial charge is 0.374 e. The molecule has 0 heterocycles. The number of nitrogens with zero attached hydrogens (tertiary/aromatic N) is 4. The van der Waals surface area contributed by atoms with Crippen LogP contribution in [0.2, 0.25) is 24.2 Å². The summed E-state index contributed by atoms with van der Waals surface area (Å²) in [6, 6.07) is 3.21. The van der Waals surface area contributed by atoms with E-state index in [4.69, 9.17) is 43.6 Å². The Balaban J connectivity index is 0. The molecule has 0 aliphatic carbocycles. The minimum absolute atomic E-state index is 0.645. The summed E-state index contributed by atoms with van der Waals surface area (Å²) in [5.74, 6) is 0. The third kappa shape index (κ3) is 36.3. The van der Waals surface area contributed by atoms with E-state index < -0.39 is 35.2 Å². The van der Waals surface area contributed by atoms with Gasteiger partial charge in [0.2, 0.25) is 0 Å². The number of hydrogen-bond donors (Lipinski definition) is 0. The van der Waals surface area contributed by atoms with E-state index in [1.807, 2.05) is 0 Å². The van der Waals surface area contributed by atoms with Crippen molar-refractivity contribution in [1.29, 1.82) is 0 Å². The molecule has 0 amide bonds. The molecule has 0 aromatic rings. The van der Waals surface area contributed by atoms with Crippen LogP contribution >= 0.6 is 0 Å². The van der Waals surface area contributed by atoms with E-state index in [0.29, 0.717) is 52.9 Å². The van der Waals surface area contributed by atoms with Crippen molar-refractivity contribution < 1.29 is 43.6 Å². The molecule has 0 fully saturated rings. The Morgan fingerprint density at radius 3 is 0.514 bits per heavy atom. The van der Waals surface area contributed by atoms with Crippen molar-refractivity contribution in [3.8, 4) is 0 Å². The van der Waals surface area contributed by atoms with Crippen LogP contribution in [0.1, 0.15) is 186 Å². The van der Waals surface area contributed by atoms with Crippen LogP contribution in [0.25, 0.3) is 0 Å². The van der Waals surface area contributed by atoms with Gasteiger partial charge in [0, 0.05) is 77.0 Å². The molecule has 0 aliphatic heterocycles. The monoisotopic (exact) mass is 1070 g/mol. The molecule has 0 aromatic carbocycles. The van der Waals surface area contributed by atoms with Gasteiger partial charge in [-0.1, -0.05) is 83.1 Å². The maximum absolute atomic E-state index is 7.07. The van der Waals surface area contributed by atoms with Gasteiger partial charge in [-0.05, 0) is 183 Å². The second-order valence-electron chi connectivity index (χ2n) is 19.4. The molecular formula is C52H120N4O10Si4. The summed E-state index contributed by atoms with van der Waals surface area (Å²) in [5.41, 5.74) is 0. The second-order valence-corrected chi connectivity index (χ2v) is 30.8. The van der Waals surface area contributed by atoms with E-state index in [0.717, 1.165) is 179 Å². The Morgan fingerprint density at radius 2 is 0.386 bits per heavy atom. The van der Waals surface area contributed by atoms with E-state index in [1.54, 1.807) is 0 Å². The molecule has 18 heteroatoms. The summed E-state index contributed by atoms with van der Waals surface area (Å²) in [7, 11) is -3.18. The van der Waals surface area contributed by atoms with Crippen molar-refractivity contribution in [3.63, 3.8) is 0 Å². The van der Waals surface area contributed by atoms with Crippen LogP contribution in [0.4, 0.5) is 0 Å². The summed E-state index contributed by atoms with van der Waals surface area (Å²) in [6.07, 6.45) is 16.1. The van der Waals surface area contributed by atoms with Crippen LogP contribution in [0.15, 0.2) is 0 Å². The predicted octanol–water partition coefficient (Wildman–Crippen LogP) is 12.1. The van der Waals surface area contributed by atoms with Gasteiger partial charge in [0.05, 0.1) is 0 Å². The summed E-state index contributed by atoms with van der Waals surface area (Å²) in [4.78, 5) is 9.53. The first-order valence-corrected chi connectivity index (χ1v) is 36.7. The molecule has 424 valence electrons. The fourth-order valence-corrected chi connectivity index (χ4v) is 23.2. The Hall–Kier alpha value is 0.308. The fraction of sp³-hybridized carbons (Fsp3) is 1.00. The van der Waals surface area contributed by atoms with Gasteiger partial charge in [-0.2, -0.15) is 0 Å². The molecule has 14 nitrogen and oxygen atoms in total. The van der Waals surface area contributed by atoms with E-state index in [9.17, 15) is 0 Å². The average Bonchev–Trinajstić information content (AvgIpc) is 3.34. The zero-order chi connectivity index (χ0) is 52.8. The quantitative estimate of drug-likeness (QED) is 0.0540. The van der Waals surface area contributed by atoms with Crippen molar-refractivity contribution in [1.82, 2.24) is 19.6 Å². The van der Waals surface area contributed by atoms with Gasteiger partial charge in [0.15, 0.2) is 0 Å². The molecule has 0 spiro atoms. The van der Waals surface area contributed by atoms with Crippen LogP contribution in [-0.2, 0) is 43.6 Å². The van der Waals surface area contributed by atoms with E-state index in [2.05, 4.69) is 131 Å². The van der Waals surface area contributed by atoms with E-state index in [-0.39, 0.29) is 0 Å². The zero-order valence-electron chi connectivity index (χ0n) is 49.3. The highest BCUT2D eigenvalue weighted by atomic mass is 28.5. The highest BCUT2D eigenvalue weighted by Crippen LogP contribution is 2.31. The lowest BCUT2D eigenvalue weighted by atomic mass is 10.4. The molecule has 0 bridgehead atoms. The van der Waals surface area contributed by atoms with Crippen LogP contribution in [-0.4, -0.2) is 188 Å². The van der Waals surface area contributed by atoms with Gasteiger partial charge in [0.25, 0.3) is 0 Å². The molecule has 0 radical (unpaired) electrons. The Morgan fingerprint density at radius 1 is 0.229 bits per heavy atom. The third-order valence-corrected chi connectivity index (χ3v) is 25.3. The summed E-state index contributed by atoms with van der Waals surface area (Å²) in [6.45, 7) is 39.6. The first-order valence-electron chi connectivity index (χ1n) is 29.0. The van der Waals surface area contributed by atoms with Crippen molar-refractivity contribution in [2.45, 2.75) is 210 Å². The Bertz CT molecular complexity index is 924. The summed E-state index contributed by atoms with van der Waals surface area (Å²) < 4.78 is 66.5. The highest BCUT2D eigenvalue weighted by molar-refractivity contribution is 6.75. The molecule has 70 heavy (non-hydrogen) atoms. The minimum atomic E-state index is -2.98. The molecular weight excluding hydrogens is 953 g/mol. The summed E-state index contributed by atoms with van der Waals surface area (Å²) in [5, 5.41) is 0. The van der Waals surface area contributed by atoms with Gasteiger partial charge >= 0.3 is 35.2 Å². The van der Waals surface area contributed by atoms with Crippen molar-refractivity contribution in [2.24, 2.45) is 0 Å². The van der Waals surface area contributed by atoms with Crippen LogP contribution < -0.4 is 0 Å². The molecule has 0 N–H and O–H groups in total. The summed E-state index contributed by atoms with van der Waals surface area (Å²) >= 11 is 0. The lowest BCUT2D eigenvalue weighted by Gasteiger charge is -2.39. The van der Waals surface area contributed by atoms with Crippen molar-refractivity contribution in [2.75, 3.05) is 133 Å². The van der Waals surface area contributed by atoms with Gasteiger partial charge in [-0.3, -0.25) is 0 Å². The van der Waals surface area contributed by atoms with Crippen LogP contribution in [0.3, 0.4) is 0 Å². The topological polar surface area (TPSA) is 105 Å². The van der Waals surface area contributed by atoms with Crippen molar-refractivity contribution in [3.05, 3.63) is 0 Å². The van der Waals surface area contributed by atoms with Gasteiger partial charge in [-0.15, -0.1) is 0 Å². The van der Waals surface area contributed by atoms with Gasteiger partial charge in [-0.25, -0.2) is 0 Å². The normalized spacial score (nSPS) is 12.9. The first kappa shape index (κ1) is 72.4. The molecule has 0 rings (SSSR count). The van der Waals surface area contributed by atoms with Gasteiger partial charge in [0.1, 0.15) is 0 Å². The highest BCUT2D eigenvalue weighted by Gasteiger charge is 2.54. The van der Waals surface area contributed by atoms with E-state index >= 15 is 0 Å². The number of hydrogen-bond acceptors (Lipinski definition) is 14. The third-order valence-electron chi connectivity index (χ3n) is 11.3. The second kappa shape index (κ2) is 47.7. The lowest BCUT2D eigenvalue weighted by Crippen LogP contribution is -2.59. The predicted molar refractivity (Wildman–Crippen MR) is 304 cm³/mol. The zero-order valence-corrected chi connectivity index (χ0v) is 53.3. The first-order chi connectivity index (χ1) is 33.7. The largest absolute Gasteiger partial charge is 0.493 e. The number of rotatable bonds is 52. The molecule has 0 unspecified atom stereocenters. The molecule has 0 aliphatic rings. The fourth-order valence-electron chi connectivity index (χ4n) is 7.95. The SMILES string of the molecule is CCCO[Si](CCCN(C)CCC)(OCCC)O[Si](CCCN(C)CCC)(OCCC)OCCC.CCCO[Si](CCCN(C)CCC)(OCCC)O[Si](CCCN(C)CCC)(OCCC)OCCC. The van der Waals surface area contributed by atoms with Crippen LogP contribution in [0, 0.1) is 0 Å². The molecule has 0 saturated heterocycles. The molecule has 0 saturated carbocycles. The van der Waals surface area contributed by atoms with E-state index in [1.165, 1.54) is 0 Å². The maximum Gasteiger partial charge on any atom is 0.493 e. The molecule has 0 aromatic heterocycles.